The van der Waals surface area contributed by atoms with Crippen LogP contribution in [0.1, 0.15) is 0 Å². The van der Waals surface area contributed by atoms with Crippen LogP contribution in [0.15, 0.2) is 54.7 Å². The van der Waals surface area contributed by atoms with Crippen molar-refractivity contribution in [3.05, 3.63) is 59.8 Å². The molecule has 0 aliphatic carbocycles. The number of aromatic amines is 1. The fourth-order valence-corrected chi connectivity index (χ4v) is 1.90. The van der Waals surface area contributed by atoms with Crippen molar-refractivity contribution in [2.24, 2.45) is 0 Å². The Bertz CT molecular complexity index is 643. The Kier molecular flexibility index (Phi) is 2.50. The molecule has 0 radical (unpaired) electrons. The van der Waals surface area contributed by atoms with Gasteiger partial charge in [0.15, 0.2) is 0 Å². The summed E-state index contributed by atoms with van der Waals surface area (Å²) in [6.07, 6.45) is 1.90. The minimum absolute atomic E-state index is 0.706. The number of ether oxygens (including phenoxy) is 1. The first-order valence-corrected chi connectivity index (χ1v) is 5.70. The number of hydrogen-bond donors (Lipinski definition) is 1. The number of fused-ring (bicyclic) bond motifs is 1. The van der Waals surface area contributed by atoms with Crippen LogP contribution in [0.5, 0.6) is 11.5 Å². The van der Waals surface area contributed by atoms with E-state index in [-0.39, 0.29) is 0 Å². The van der Waals surface area contributed by atoms with E-state index in [0.29, 0.717) is 5.02 Å². The molecule has 0 amide bonds. The number of nitrogens with one attached hydrogen (secondary N) is 1. The molecule has 84 valence electrons. The van der Waals surface area contributed by atoms with Gasteiger partial charge in [-0.05, 0) is 42.5 Å². The summed E-state index contributed by atoms with van der Waals surface area (Å²) >= 11 is 5.83. The highest BCUT2D eigenvalue weighted by molar-refractivity contribution is 6.30. The predicted molar refractivity (Wildman–Crippen MR) is 69.8 cm³/mol. The number of H-pyrrole nitrogens is 1. The van der Waals surface area contributed by atoms with Crippen molar-refractivity contribution >= 4 is 22.5 Å². The predicted octanol–water partition coefficient (Wildman–Crippen LogP) is 4.61. The van der Waals surface area contributed by atoms with Gasteiger partial charge in [0.1, 0.15) is 11.5 Å². The number of benzene rings is 2. The van der Waals surface area contributed by atoms with Crippen LogP contribution in [-0.2, 0) is 0 Å². The molecule has 0 aliphatic rings. The largest absolute Gasteiger partial charge is 0.457 e. The Morgan fingerprint density at radius 2 is 1.76 bits per heavy atom. The highest BCUT2D eigenvalue weighted by atomic mass is 35.5. The zero-order valence-electron chi connectivity index (χ0n) is 8.98. The molecule has 3 aromatic rings. The third-order valence-electron chi connectivity index (χ3n) is 2.60. The van der Waals surface area contributed by atoms with E-state index in [2.05, 4.69) is 4.98 Å². The molecule has 17 heavy (non-hydrogen) atoms. The van der Waals surface area contributed by atoms with Crippen LogP contribution >= 0.6 is 11.6 Å². The zero-order valence-corrected chi connectivity index (χ0v) is 9.74. The van der Waals surface area contributed by atoms with Crippen LogP contribution < -0.4 is 4.74 Å². The second-order valence-corrected chi connectivity index (χ2v) is 4.19. The van der Waals surface area contributed by atoms with Crippen LogP contribution in [0.2, 0.25) is 5.02 Å². The summed E-state index contributed by atoms with van der Waals surface area (Å²) in [4.78, 5) is 3.15. The highest BCUT2D eigenvalue weighted by Gasteiger charge is 2.03. The first kappa shape index (κ1) is 10.2. The normalized spacial score (nSPS) is 10.6. The molecular weight excluding hydrogens is 234 g/mol. The first-order valence-electron chi connectivity index (χ1n) is 5.32. The Balaban J connectivity index is 1.99. The molecule has 2 nitrogen and oxygen atoms in total. The maximum absolute atomic E-state index is 5.83. The van der Waals surface area contributed by atoms with Gasteiger partial charge in [-0.3, -0.25) is 0 Å². The van der Waals surface area contributed by atoms with Crippen molar-refractivity contribution in [3.63, 3.8) is 0 Å². The van der Waals surface area contributed by atoms with Gasteiger partial charge < -0.3 is 9.72 Å². The lowest BCUT2D eigenvalue weighted by Crippen LogP contribution is -1.84. The smallest absolute Gasteiger partial charge is 0.136 e. The summed E-state index contributed by atoms with van der Waals surface area (Å²) < 4.78 is 5.83. The quantitative estimate of drug-likeness (QED) is 0.698. The van der Waals surface area contributed by atoms with Crippen LogP contribution in [0.4, 0.5) is 0 Å². The lowest BCUT2D eigenvalue weighted by atomic mass is 10.2. The number of aromatic nitrogens is 1. The molecule has 0 unspecified atom stereocenters. The van der Waals surface area contributed by atoms with Gasteiger partial charge in [0.25, 0.3) is 0 Å². The molecule has 2 aromatic carbocycles. The van der Waals surface area contributed by atoms with Crippen LogP contribution in [-0.4, -0.2) is 4.98 Å². The molecule has 0 bridgehead atoms. The molecule has 0 fully saturated rings. The van der Waals surface area contributed by atoms with E-state index < -0.39 is 0 Å². The lowest BCUT2D eigenvalue weighted by molar-refractivity contribution is 0.488. The van der Waals surface area contributed by atoms with Gasteiger partial charge in [-0.15, -0.1) is 0 Å². The van der Waals surface area contributed by atoms with E-state index in [4.69, 9.17) is 16.3 Å². The molecule has 0 aliphatic heterocycles. The van der Waals surface area contributed by atoms with Crippen molar-refractivity contribution in [1.29, 1.82) is 0 Å². The van der Waals surface area contributed by atoms with Gasteiger partial charge in [0.05, 0.1) is 0 Å². The Morgan fingerprint density at radius 3 is 2.59 bits per heavy atom. The average molecular weight is 244 g/mol. The molecule has 0 atom stereocenters. The van der Waals surface area contributed by atoms with Crippen molar-refractivity contribution in [2.75, 3.05) is 0 Å². The maximum Gasteiger partial charge on any atom is 0.136 e. The molecule has 0 spiro atoms. The van der Waals surface area contributed by atoms with Crippen molar-refractivity contribution in [3.8, 4) is 11.5 Å². The summed E-state index contributed by atoms with van der Waals surface area (Å²) in [7, 11) is 0. The van der Waals surface area contributed by atoms with Gasteiger partial charge in [0.2, 0.25) is 0 Å². The topological polar surface area (TPSA) is 25.0 Å². The molecule has 0 saturated carbocycles. The first-order chi connectivity index (χ1) is 8.33. The van der Waals surface area contributed by atoms with E-state index >= 15 is 0 Å². The summed E-state index contributed by atoms with van der Waals surface area (Å²) in [6, 6.07) is 15.3. The van der Waals surface area contributed by atoms with Gasteiger partial charge in [-0.2, -0.15) is 0 Å². The average Bonchev–Trinajstić information content (AvgIpc) is 2.81. The zero-order chi connectivity index (χ0) is 11.7. The summed E-state index contributed by atoms with van der Waals surface area (Å²) in [5.41, 5.74) is 1.07. The standard InChI is InChI=1S/C14H10ClNO/c15-10-4-6-11(7-5-10)17-14-3-1-2-13-12(14)8-9-16-13/h1-9,16H. The van der Waals surface area contributed by atoms with Crippen molar-refractivity contribution in [2.45, 2.75) is 0 Å². The second kappa shape index (κ2) is 4.15. The number of halogens is 1. The highest BCUT2D eigenvalue weighted by Crippen LogP contribution is 2.29. The molecule has 1 aromatic heterocycles. The molecule has 3 heteroatoms. The van der Waals surface area contributed by atoms with Crippen LogP contribution in [0, 0.1) is 0 Å². The molecular formula is C14H10ClNO. The molecule has 1 heterocycles. The molecule has 0 saturated heterocycles. The molecule has 3 rings (SSSR count). The minimum Gasteiger partial charge on any atom is -0.457 e. The fraction of sp³-hybridized carbons (Fsp3) is 0. The van der Waals surface area contributed by atoms with E-state index in [0.717, 1.165) is 22.4 Å². The molecule has 1 N–H and O–H groups in total. The number of hydrogen-bond acceptors (Lipinski definition) is 1. The van der Waals surface area contributed by atoms with Gasteiger partial charge in [0, 0.05) is 22.1 Å². The Hall–Kier alpha value is -1.93. The Morgan fingerprint density at radius 1 is 0.941 bits per heavy atom. The lowest BCUT2D eigenvalue weighted by Gasteiger charge is -2.06. The fourth-order valence-electron chi connectivity index (χ4n) is 1.78. The SMILES string of the molecule is Clc1ccc(Oc2cccc3[nH]ccc23)cc1. The van der Waals surface area contributed by atoms with Gasteiger partial charge in [-0.1, -0.05) is 17.7 Å². The van der Waals surface area contributed by atoms with E-state index in [9.17, 15) is 0 Å². The third kappa shape index (κ3) is 1.99. The van der Waals surface area contributed by atoms with E-state index in [1.807, 2.05) is 54.7 Å². The van der Waals surface area contributed by atoms with Crippen LogP contribution in [0.25, 0.3) is 10.9 Å². The minimum atomic E-state index is 0.706. The number of rotatable bonds is 2. The van der Waals surface area contributed by atoms with Gasteiger partial charge >= 0.3 is 0 Å². The van der Waals surface area contributed by atoms with E-state index in [1.54, 1.807) is 0 Å². The monoisotopic (exact) mass is 243 g/mol. The second-order valence-electron chi connectivity index (χ2n) is 3.75. The van der Waals surface area contributed by atoms with Crippen molar-refractivity contribution < 1.29 is 4.74 Å². The Labute approximate surface area is 104 Å². The maximum atomic E-state index is 5.83. The summed E-state index contributed by atoms with van der Waals surface area (Å²) in [5.74, 6) is 1.62. The van der Waals surface area contributed by atoms with Crippen molar-refractivity contribution in [1.82, 2.24) is 4.98 Å². The summed E-state index contributed by atoms with van der Waals surface area (Å²) in [6.45, 7) is 0. The van der Waals surface area contributed by atoms with Crippen LogP contribution in [0.3, 0.4) is 0 Å². The third-order valence-corrected chi connectivity index (χ3v) is 2.85. The van der Waals surface area contributed by atoms with E-state index in [1.165, 1.54) is 0 Å². The summed E-state index contributed by atoms with van der Waals surface area (Å²) in [5, 5.41) is 1.78. The van der Waals surface area contributed by atoms with Gasteiger partial charge in [-0.25, -0.2) is 0 Å².